The molecule has 0 amide bonds. The molecule has 0 aromatic heterocycles. The van der Waals surface area contributed by atoms with Crippen LogP contribution in [0.25, 0.3) is 0 Å². The van der Waals surface area contributed by atoms with Crippen LogP contribution in [0, 0.1) is 0 Å². The van der Waals surface area contributed by atoms with E-state index in [2.05, 4.69) is 32.5 Å². The highest BCUT2D eigenvalue weighted by molar-refractivity contribution is 5.79. The van der Waals surface area contributed by atoms with Gasteiger partial charge in [-0.05, 0) is 77.5 Å². The molecule has 6 heteroatoms. The summed E-state index contributed by atoms with van der Waals surface area (Å²) in [4.78, 5) is 9.67. The molecule has 0 saturated carbocycles. The Morgan fingerprint density at radius 1 is 1.03 bits per heavy atom. The van der Waals surface area contributed by atoms with Crippen molar-refractivity contribution in [3.8, 4) is 5.75 Å². The van der Waals surface area contributed by atoms with Crippen LogP contribution >= 0.6 is 0 Å². The molecule has 2 saturated heterocycles. The SMILES string of the molecule is CN=C(NCCCOc1ccccc1)NCC1(N2CCCCC2)CCN(C)CC1. The summed E-state index contributed by atoms with van der Waals surface area (Å²) in [6.45, 7) is 7.38. The summed E-state index contributed by atoms with van der Waals surface area (Å²) in [5, 5.41) is 7.09. The highest BCUT2D eigenvalue weighted by Crippen LogP contribution is 2.30. The number of likely N-dealkylation sites (tertiary alicyclic amines) is 2. The first-order chi connectivity index (χ1) is 14.2. The molecule has 0 radical (unpaired) electrons. The number of aliphatic imine (C=N–C) groups is 1. The average Bonchev–Trinajstić information content (AvgIpc) is 2.78. The molecule has 29 heavy (non-hydrogen) atoms. The maximum Gasteiger partial charge on any atom is 0.191 e. The van der Waals surface area contributed by atoms with E-state index in [9.17, 15) is 0 Å². The highest BCUT2D eigenvalue weighted by Gasteiger charge is 2.39. The van der Waals surface area contributed by atoms with Crippen molar-refractivity contribution >= 4 is 5.96 Å². The molecule has 0 bridgehead atoms. The zero-order chi connectivity index (χ0) is 20.4. The number of rotatable bonds is 8. The number of hydrogen-bond acceptors (Lipinski definition) is 4. The van der Waals surface area contributed by atoms with Crippen LogP contribution in [-0.2, 0) is 0 Å². The van der Waals surface area contributed by atoms with Crippen molar-refractivity contribution in [2.45, 2.75) is 44.1 Å². The van der Waals surface area contributed by atoms with Crippen LogP contribution in [0.2, 0.25) is 0 Å². The number of nitrogens with one attached hydrogen (secondary N) is 2. The van der Waals surface area contributed by atoms with E-state index >= 15 is 0 Å². The molecule has 0 unspecified atom stereocenters. The van der Waals surface area contributed by atoms with Crippen molar-refractivity contribution < 1.29 is 4.74 Å². The van der Waals surface area contributed by atoms with Crippen LogP contribution in [0.15, 0.2) is 35.3 Å². The van der Waals surface area contributed by atoms with Crippen LogP contribution < -0.4 is 15.4 Å². The quantitative estimate of drug-likeness (QED) is 0.398. The number of nitrogens with zero attached hydrogens (tertiary/aromatic N) is 3. The average molecular weight is 402 g/mol. The van der Waals surface area contributed by atoms with E-state index in [0.29, 0.717) is 6.61 Å². The monoisotopic (exact) mass is 401 g/mol. The molecule has 0 atom stereocenters. The van der Waals surface area contributed by atoms with Gasteiger partial charge < -0.3 is 20.3 Å². The third-order valence-corrected chi connectivity index (χ3v) is 6.38. The number of guanidine groups is 1. The first-order valence-electron chi connectivity index (χ1n) is 11.3. The van der Waals surface area contributed by atoms with Crippen molar-refractivity contribution in [1.82, 2.24) is 20.4 Å². The Bertz CT molecular complexity index is 607. The summed E-state index contributed by atoms with van der Waals surface area (Å²) in [6.07, 6.45) is 7.47. The van der Waals surface area contributed by atoms with E-state index in [1.807, 2.05) is 37.4 Å². The zero-order valence-electron chi connectivity index (χ0n) is 18.3. The van der Waals surface area contributed by atoms with Gasteiger partial charge in [-0.3, -0.25) is 9.89 Å². The number of ether oxygens (including phenoxy) is 1. The second kappa shape index (κ2) is 11.4. The van der Waals surface area contributed by atoms with Crippen molar-refractivity contribution in [1.29, 1.82) is 0 Å². The Hall–Kier alpha value is -1.79. The highest BCUT2D eigenvalue weighted by atomic mass is 16.5. The summed E-state index contributed by atoms with van der Waals surface area (Å²) in [5.41, 5.74) is 0.265. The smallest absolute Gasteiger partial charge is 0.191 e. The summed E-state index contributed by atoms with van der Waals surface area (Å²) in [6, 6.07) is 10.00. The summed E-state index contributed by atoms with van der Waals surface area (Å²) in [5.74, 6) is 1.83. The molecule has 0 spiro atoms. The van der Waals surface area contributed by atoms with Crippen molar-refractivity contribution in [2.24, 2.45) is 4.99 Å². The summed E-state index contributed by atoms with van der Waals surface area (Å²) >= 11 is 0. The predicted molar refractivity (Wildman–Crippen MR) is 121 cm³/mol. The van der Waals surface area contributed by atoms with E-state index in [0.717, 1.165) is 31.2 Å². The number of para-hydroxylation sites is 1. The lowest BCUT2D eigenvalue weighted by molar-refractivity contribution is 0.0173. The van der Waals surface area contributed by atoms with Crippen LogP contribution in [0.1, 0.15) is 38.5 Å². The minimum absolute atomic E-state index is 0.265. The Morgan fingerprint density at radius 3 is 2.45 bits per heavy atom. The van der Waals surface area contributed by atoms with E-state index in [-0.39, 0.29) is 5.54 Å². The lowest BCUT2D eigenvalue weighted by Crippen LogP contribution is -2.62. The normalized spacial score (nSPS) is 21.0. The molecule has 6 nitrogen and oxygen atoms in total. The standard InChI is InChI=1S/C23H39N5O/c1-24-22(25-14-9-19-29-21-10-5-3-6-11-21)26-20-23(12-17-27(2)18-13-23)28-15-7-4-8-16-28/h3,5-6,10-11H,4,7-9,12-20H2,1-2H3,(H2,24,25,26). The van der Waals surface area contributed by atoms with E-state index < -0.39 is 0 Å². The maximum absolute atomic E-state index is 5.77. The number of hydrogen-bond donors (Lipinski definition) is 2. The number of benzene rings is 1. The van der Waals surface area contributed by atoms with Crippen LogP contribution in [0.4, 0.5) is 0 Å². The van der Waals surface area contributed by atoms with Gasteiger partial charge in [-0.2, -0.15) is 0 Å². The van der Waals surface area contributed by atoms with Gasteiger partial charge in [-0.1, -0.05) is 24.6 Å². The summed E-state index contributed by atoms with van der Waals surface area (Å²) in [7, 11) is 4.10. The van der Waals surface area contributed by atoms with Crippen molar-refractivity contribution in [3.63, 3.8) is 0 Å². The largest absolute Gasteiger partial charge is 0.494 e. The molecule has 2 heterocycles. The lowest BCUT2D eigenvalue weighted by atomic mass is 9.84. The van der Waals surface area contributed by atoms with Gasteiger partial charge in [0.25, 0.3) is 0 Å². The van der Waals surface area contributed by atoms with Gasteiger partial charge in [0.05, 0.1) is 6.61 Å². The molecule has 1 aromatic rings. The third kappa shape index (κ3) is 6.61. The van der Waals surface area contributed by atoms with Gasteiger partial charge in [0.15, 0.2) is 5.96 Å². The van der Waals surface area contributed by atoms with Crippen molar-refractivity contribution in [3.05, 3.63) is 30.3 Å². The summed E-state index contributed by atoms with van der Waals surface area (Å²) < 4.78 is 5.77. The molecule has 2 aliphatic rings. The fourth-order valence-corrected chi connectivity index (χ4v) is 4.46. The predicted octanol–water partition coefficient (Wildman–Crippen LogP) is 2.57. The first-order valence-corrected chi connectivity index (χ1v) is 11.3. The Balaban J connectivity index is 1.43. The van der Waals surface area contributed by atoms with Gasteiger partial charge in [-0.25, -0.2) is 0 Å². The third-order valence-electron chi connectivity index (χ3n) is 6.38. The molecule has 2 fully saturated rings. The van der Waals surface area contributed by atoms with E-state index in [1.165, 1.54) is 58.3 Å². The van der Waals surface area contributed by atoms with Gasteiger partial charge in [0.1, 0.15) is 5.75 Å². The van der Waals surface area contributed by atoms with E-state index in [1.54, 1.807) is 0 Å². The van der Waals surface area contributed by atoms with Crippen LogP contribution in [0.5, 0.6) is 5.75 Å². The number of piperidine rings is 2. The molecule has 0 aliphatic carbocycles. The fraction of sp³-hybridized carbons (Fsp3) is 0.696. The molecule has 2 N–H and O–H groups in total. The fourth-order valence-electron chi connectivity index (χ4n) is 4.46. The molecule has 1 aromatic carbocycles. The Labute approximate surface area is 176 Å². The van der Waals surface area contributed by atoms with Crippen molar-refractivity contribution in [2.75, 3.05) is 60.0 Å². The van der Waals surface area contributed by atoms with Gasteiger partial charge >= 0.3 is 0 Å². The molecule has 162 valence electrons. The maximum atomic E-state index is 5.77. The molecule has 2 aliphatic heterocycles. The lowest BCUT2D eigenvalue weighted by Gasteiger charge is -2.50. The minimum Gasteiger partial charge on any atom is -0.494 e. The van der Waals surface area contributed by atoms with Gasteiger partial charge in [0, 0.05) is 25.7 Å². The van der Waals surface area contributed by atoms with Gasteiger partial charge in [0.2, 0.25) is 0 Å². The Morgan fingerprint density at radius 2 is 1.76 bits per heavy atom. The first kappa shape index (κ1) is 21.9. The second-order valence-corrected chi connectivity index (χ2v) is 8.44. The molecule has 3 rings (SSSR count). The van der Waals surface area contributed by atoms with E-state index in [4.69, 9.17) is 4.74 Å². The van der Waals surface area contributed by atoms with Crippen LogP contribution in [-0.4, -0.2) is 81.3 Å². The molecular weight excluding hydrogens is 362 g/mol. The zero-order valence-corrected chi connectivity index (χ0v) is 18.3. The molecular formula is C23H39N5O. The van der Waals surface area contributed by atoms with Gasteiger partial charge in [-0.15, -0.1) is 0 Å². The minimum atomic E-state index is 0.265. The Kier molecular flexibility index (Phi) is 8.62. The second-order valence-electron chi connectivity index (χ2n) is 8.44. The topological polar surface area (TPSA) is 52.1 Å². The van der Waals surface area contributed by atoms with Crippen LogP contribution in [0.3, 0.4) is 0 Å².